The summed E-state index contributed by atoms with van der Waals surface area (Å²) in [5.74, 6) is 0.742. The van der Waals surface area contributed by atoms with Gasteiger partial charge in [-0.3, -0.25) is 4.79 Å². The molecular weight excluding hydrogens is 349 g/mol. The smallest absolute Gasteiger partial charge is 0.419 e. The molecule has 8 heteroatoms. The van der Waals surface area contributed by atoms with E-state index in [9.17, 15) is 23.1 Å². The highest BCUT2D eigenvalue weighted by atomic mass is 19.4. The summed E-state index contributed by atoms with van der Waals surface area (Å²) in [6.45, 7) is -0.360. The molecule has 1 saturated heterocycles. The monoisotopic (exact) mass is 370 g/mol. The van der Waals surface area contributed by atoms with E-state index >= 15 is 0 Å². The van der Waals surface area contributed by atoms with Gasteiger partial charge in [0.05, 0.1) is 13.2 Å². The lowest BCUT2D eigenvalue weighted by atomic mass is 10.0. The molecule has 3 aliphatic rings. The van der Waals surface area contributed by atoms with Gasteiger partial charge in [-0.25, -0.2) is 4.98 Å². The van der Waals surface area contributed by atoms with Gasteiger partial charge in [0.15, 0.2) is 5.60 Å². The van der Waals surface area contributed by atoms with Crippen molar-refractivity contribution < 1.29 is 27.8 Å². The summed E-state index contributed by atoms with van der Waals surface area (Å²) in [5, 5.41) is 9.76. The molecule has 2 saturated carbocycles. The summed E-state index contributed by atoms with van der Waals surface area (Å²) in [6.07, 6.45) is -0.918. The van der Waals surface area contributed by atoms with E-state index in [0.717, 1.165) is 36.1 Å². The molecule has 0 aromatic carbocycles. The van der Waals surface area contributed by atoms with E-state index < -0.39 is 30.7 Å². The number of carbonyl (C=O) groups is 1. The second-order valence-corrected chi connectivity index (χ2v) is 7.63. The second kappa shape index (κ2) is 6.11. The minimum absolute atomic E-state index is 0.0617. The Bertz CT molecular complexity index is 716. The van der Waals surface area contributed by atoms with Crippen LogP contribution in [-0.4, -0.2) is 52.4 Å². The number of likely N-dealkylation sites (tertiary alicyclic amines) is 1. The van der Waals surface area contributed by atoms with Crippen molar-refractivity contribution in [2.75, 3.05) is 19.7 Å². The van der Waals surface area contributed by atoms with Crippen LogP contribution in [0.2, 0.25) is 0 Å². The van der Waals surface area contributed by atoms with E-state index in [1.807, 2.05) is 0 Å². The maximum absolute atomic E-state index is 13.0. The SMILES string of the molecule is O=C(c1ccc(C2CC2)c(OCC2CC2)n1)N1CCC(O)(C(F)(F)F)C1. The summed E-state index contributed by atoms with van der Waals surface area (Å²) in [5.41, 5.74) is -1.82. The lowest BCUT2D eigenvalue weighted by Crippen LogP contribution is -2.48. The Balaban J connectivity index is 1.51. The third-order valence-corrected chi connectivity index (χ3v) is 5.34. The molecule has 1 aromatic heterocycles. The maximum atomic E-state index is 13.0. The molecule has 1 unspecified atom stereocenters. The number of carbonyl (C=O) groups excluding carboxylic acids is 1. The molecule has 26 heavy (non-hydrogen) atoms. The zero-order valence-corrected chi connectivity index (χ0v) is 14.3. The van der Waals surface area contributed by atoms with Gasteiger partial charge in [-0.15, -0.1) is 0 Å². The highest BCUT2D eigenvalue weighted by Gasteiger charge is 2.58. The predicted octanol–water partition coefficient (Wildman–Crippen LogP) is 2.89. The summed E-state index contributed by atoms with van der Waals surface area (Å²) < 4.78 is 44.7. The number of nitrogens with zero attached hydrogens (tertiary/aromatic N) is 2. The Labute approximate surface area is 149 Å². The highest BCUT2D eigenvalue weighted by molar-refractivity contribution is 5.92. The van der Waals surface area contributed by atoms with Crippen molar-refractivity contribution in [3.63, 3.8) is 0 Å². The van der Waals surface area contributed by atoms with Gasteiger partial charge in [-0.1, -0.05) is 6.07 Å². The van der Waals surface area contributed by atoms with Crippen molar-refractivity contribution in [3.8, 4) is 5.88 Å². The first-order valence-electron chi connectivity index (χ1n) is 8.99. The number of halogens is 3. The standard InChI is InChI=1S/C18H21F3N2O3/c19-18(20,21)17(25)7-8-23(10-17)16(24)14-6-5-13(12-3-4-12)15(22-14)26-9-11-1-2-11/h5-6,11-12,25H,1-4,7-10H2. The van der Waals surface area contributed by atoms with Gasteiger partial charge in [-0.05, 0) is 43.6 Å². The summed E-state index contributed by atoms with van der Waals surface area (Å²) in [4.78, 5) is 17.9. The molecule has 0 spiro atoms. The molecule has 5 nitrogen and oxygen atoms in total. The lowest BCUT2D eigenvalue weighted by molar-refractivity contribution is -0.253. The number of aromatic nitrogens is 1. The van der Waals surface area contributed by atoms with Crippen molar-refractivity contribution in [2.24, 2.45) is 5.92 Å². The van der Waals surface area contributed by atoms with Crippen molar-refractivity contribution >= 4 is 5.91 Å². The van der Waals surface area contributed by atoms with Crippen LogP contribution >= 0.6 is 0 Å². The van der Waals surface area contributed by atoms with Crippen LogP contribution in [0.4, 0.5) is 13.2 Å². The number of pyridine rings is 1. The number of hydrogen-bond donors (Lipinski definition) is 1. The third kappa shape index (κ3) is 3.39. The number of amides is 1. The average molecular weight is 370 g/mol. The number of alkyl halides is 3. The molecule has 2 aliphatic carbocycles. The fraction of sp³-hybridized carbons (Fsp3) is 0.667. The molecule has 142 valence electrons. The van der Waals surface area contributed by atoms with Gasteiger partial charge in [-0.2, -0.15) is 13.2 Å². The molecular formula is C18H21F3N2O3. The molecule has 3 fully saturated rings. The fourth-order valence-corrected chi connectivity index (χ4v) is 3.23. The van der Waals surface area contributed by atoms with Crippen molar-refractivity contribution in [3.05, 3.63) is 23.4 Å². The zero-order valence-electron chi connectivity index (χ0n) is 14.3. The summed E-state index contributed by atoms with van der Waals surface area (Å²) >= 11 is 0. The first-order valence-corrected chi connectivity index (χ1v) is 8.99. The molecule has 0 radical (unpaired) electrons. The minimum Gasteiger partial charge on any atom is -0.477 e. The Morgan fingerprint density at radius 1 is 1.31 bits per heavy atom. The molecule has 1 atom stereocenters. The second-order valence-electron chi connectivity index (χ2n) is 7.63. The molecule has 2 heterocycles. The number of aliphatic hydroxyl groups is 1. The Morgan fingerprint density at radius 3 is 2.62 bits per heavy atom. The van der Waals surface area contributed by atoms with E-state index in [-0.39, 0.29) is 12.2 Å². The van der Waals surface area contributed by atoms with Crippen LogP contribution in [0.1, 0.15) is 54.1 Å². The third-order valence-electron chi connectivity index (χ3n) is 5.34. The van der Waals surface area contributed by atoms with Crippen LogP contribution in [0.3, 0.4) is 0 Å². The maximum Gasteiger partial charge on any atom is 0.419 e. The van der Waals surface area contributed by atoms with Crippen LogP contribution < -0.4 is 4.74 Å². The molecule has 4 rings (SSSR count). The minimum atomic E-state index is -4.76. The van der Waals surface area contributed by atoms with E-state index in [2.05, 4.69) is 4.98 Å². The summed E-state index contributed by atoms with van der Waals surface area (Å²) in [7, 11) is 0. The number of rotatable bonds is 5. The lowest BCUT2D eigenvalue weighted by Gasteiger charge is -2.25. The molecule has 1 N–H and O–H groups in total. The zero-order chi connectivity index (χ0) is 18.5. The highest BCUT2D eigenvalue weighted by Crippen LogP contribution is 2.44. The van der Waals surface area contributed by atoms with E-state index in [1.54, 1.807) is 12.1 Å². The van der Waals surface area contributed by atoms with Crippen LogP contribution in [-0.2, 0) is 0 Å². The number of ether oxygens (including phenoxy) is 1. The predicted molar refractivity (Wildman–Crippen MR) is 86.0 cm³/mol. The molecule has 1 aliphatic heterocycles. The Morgan fingerprint density at radius 2 is 2.04 bits per heavy atom. The van der Waals surface area contributed by atoms with E-state index in [4.69, 9.17) is 4.74 Å². The fourth-order valence-electron chi connectivity index (χ4n) is 3.23. The quantitative estimate of drug-likeness (QED) is 0.866. The Hall–Kier alpha value is -1.83. The van der Waals surface area contributed by atoms with Crippen LogP contribution in [0, 0.1) is 5.92 Å². The van der Waals surface area contributed by atoms with E-state index in [1.165, 1.54) is 0 Å². The van der Waals surface area contributed by atoms with Crippen molar-refractivity contribution in [1.29, 1.82) is 0 Å². The molecule has 1 amide bonds. The number of hydrogen-bond acceptors (Lipinski definition) is 4. The van der Waals surface area contributed by atoms with Crippen LogP contribution in [0.15, 0.2) is 12.1 Å². The van der Waals surface area contributed by atoms with Crippen molar-refractivity contribution in [2.45, 2.75) is 49.8 Å². The molecule has 0 bridgehead atoms. The van der Waals surface area contributed by atoms with Gasteiger partial charge < -0.3 is 14.7 Å². The first-order chi connectivity index (χ1) is 12.3. The van der Waals surface area contributed by atoms with Gasteiger partial charge in [0.2, 0.25) is 5.88 Å². The number of β-amino-alcohol motifs (C(OH)–C–C–N with tert-alkyl or cyclic N) is 1. The van der Waals surface area contributed by atoms with Gasteiger partial charge in [0.25, 0.3) is 5.91 Å². The van der Waals surface area contributed by atoms with E-state index in [0.29, 0.717) is 24.3 Å². The average Bonchev–Trinajstić information content (AvgIpc) is 3.50. The van der Waals surface area contributed by atoms with Gasteiger partial charge >= 0.3 is 6.18 Å². The van der Waals surface area contributed by atoms with Crippen molar-refractivity contribution in [1.82, 2.24) is 9.88 Å². The normalized spacial score (nSPS) is 26.2. The van der Waals surface area contributed by atoms with Gasteiger partial charge in [0.1, 0.15) is 5.69 Å². The molecule has 1 aromatic rings. The largest absolute Gasteiger partial charge is 0.477 e. The van der Waals surface area contributed by atoms with Crippen LogP contribution in [0.25, 0.3) is 0 Å². The topological polar surface area (TPSA) is 62.7 Å². The first kappa shape index (κ1) is 17.6. The van der Waals surface area contributed by atoms with Crippen LogP contribution in [0.5, 0.6) is 5.88 Å². The van der Waals surface area contributed by atoms with Gasteiger partial charge in [0, 0.05) is 18.5 Å². The Kier molecular flexibility index (Phi) is 4.13. The summed E-state index contributed by atoms with van der Waals surface area (Å²) in [6, 6.07) is 3.34.